The fourth-order valence-electron chi connectivity index (χ4n) is 4.67. The van der Waals surface area contributed by atoms with E-state index in [0.29, 0.717) is 17.4 Å². The van der Waals surface area contributed by atoms with Crippen molar-refractivity contribution in [2.45, 2.75) is 19.5 Å². The Balaban J connectivity index is 1.53. The van der Waals surface area contributed by atoms with Gasteiger partial charge in [0.15, 0.2) is 0 Å². The van der Waals surface area contributed by atoms with Gasteiger partial charge in [-0.05, 0) is 29.2 Å². The van der Waals surface area contributed by atoms with E-state index in [1.807, 2.05) is 24.3 Å². The van der Waals surface area contributed by atoms with Gasteiger partial charge in [0.1, 0.15) is 0 Å². The molecule has 26 heavy (non-hydrogen) atoms. The van der Waals surface area contributed by atoms with Gasteiger partial charge in [-0.1, -0.05) is 42.5 Å². The maximum atomic E-state index is 12.2. The maximum Gasteiger partial charge on any atom is 0.219 e. The molecule has 2 heterocycles. The van der Waals surface area contributed by atoms with E-state index < -0.39 is 0 Å². The van der Waals surface area contributed by atoms with Crippen molar-refractivity contribution in [3.8, 4) is 6.07 Å². The highest BCUT2D eigenvalue weighted by atomic mass is 16.2. The van der Waals surface area contributed by atoms with Gasteiger partial charge in [0.2, 0.25) is 5.91 Å². The van der Waals surface area contributed by atoms with Crippen molar-refractivity contribution in [2.75, 3.05) is 19.6 Å². The van der Waals surface area contributed by atoms with Gasteiger partial charge in [0, 0.05) is 39.0 Å². The van der Waals surface area contributed by atoms with Crippen LogP contribution in [0.3, 0.4) is 0 Å². The molecule has 0 aliphatic carbocycles. The molecule has 2 aliphatic heterocycles. The first-order chi connectivity index (χ1) is 12.7. The van der Waals surface area contributed by atoms with Crippen molar-refractivity contribution in [3.63, 3.8) is 0 Å². The lowest BCUT2D eigenvalue weighted by atomic mass is 9.89. The molecule has 0 spiro atoms. The minimum atomic E-state index is 0.168. The summed E-state index contributed by atoms with van der Waals surface area (Å²) in [4.78, 5) is 16.7. The lowest BCUT2D eigenvalue weighted by Gasteiger charge is -2.29. The highest BCUT2D eigenvalue weighted by Crippen LogP contribution is 2.45. The van der Waals surface area contributed by atoms with Gasteiger partial charge < -0.3 is 4.90 Å². The fourth-order valence-corrected chi connectivity index (χ4v) is 4.67. The number of rotatable bonds is 3. The predicted molar refractivity (Wildman–Crippen MR) is 100.0 cm³/mol. The number of nitrogens with zero attached hydrogens (tertiary/aromatic N) is 3. The minimum absolute atomic E-state index is 0.168. The number of fused-ring (bicyclic) bond motifs is 1. The molecule has 0 saturated carbocycles. The van der Waals surface area contributed by atoms with Crippen molar-refractivity contribution >= 4 is 5.91 Å². The van der Waals surface area contributed by atoms with E-state index in [1.54, 1.807) is 6.92 Å². The maximum absolute atomic E-state index is 12.2. The smallest absolute Gasteiger partial charge is 0.219 e. The van der Waals surface area contributed by atoms with E-state index in [-0.39, 0.29) is 11.9 Å². The fraction of sp³-hybridized carbons (Fsp3) is 0.364. The lowest BCUT2D eigenvalue weighted by molar-refractivity contribution is -0.130. The molecule has 3 atom stereocenters. The largest absolute Gasteiger partial charge is 0.335 e. The number of amides is 1. The second kappa shape index (κ2) is 6.93. The van der Waals surface area contributed by atoms with Crippen LogP contribution in [-0.4, -0.2) is 35.3 Å². The summed E-state index contributed by atoms with van der Waals surface area (Å²) in [7, 11) is 0. The van der Waals surface area contributed by atoms with Gasteiger partial charge >= 0.3 is 0 Å². The van der Waals surface area contributed by atoms with Crippen LogP contribution < -0.4 is 0 Å². The Morgan fingerprint density at radius 3 is 2.65 bits per heavy atom. The van der Waals surface area contributed by atoms with Crippen LogP contribution >= 0.6 is 0 Å². The van der Waals surface area contributed by atoms with Crippen LogP contribution in [0.1, 0.15) is 29.7 Å². The van der Waals surface area contributed by atoms with E-state index in [2.05, 4.69) is 46.2 Å². The number of carbonyl (C=O) groups excluding carboxylic acids is 1. The average molecular weight is 345 g/mol. The molecule has 0 radical (unpaired) electrons. The molecule has 2 aromatic carbocycles. The van der Waals surface area contributed by atoms with Crippen LogP contribution in [0.4, 0.5) is 0 Å². The molecule has 2 aliphatic rings. The van der Waals surface area contributed by atoms with Gasteiger partial charge in [-0.3, -0.25) is 9.69 Å². The van der Waals surface area contributed by atoms with Gasteiger partial charge in [0.05, 0.1) is 17.7 Å². The lowest BCUT2D eigenvalue weighted by Crippen LogP contribution is -2.34. The molecule has 0 bridgehead atoms. The van der Waals surface area contributed by atoms with Gasteiger partial charge in [-0.25, -0.2) is 0 Å². The Morgan fingerprint density at radius 1 is 1.12 bits per heavy atom. The summed E-state index contributed by atoms with van der Waals surface area (Å²) in [6.45, 7) is 5.39. The third-order valence-electron chi connectivity index (χ3n) is 5.75. The summed E-state index contributed by atoms with van der Waals surface area (Å²) in [5.41, 5.74) is 3.14. The van der Waals surface area contributed by atoms with Crippen molar-refractivity contribution in [2.24, 2.45) is 11.8 Å². The van der Waals surface area contributed by atoms with Crippen LogP contribution in [0.5, 0.6) is 0 Å². The Labute approximate surface area is 154 Å². The molecule has 2 aromatic rings. The summed E-state index contributed by atoms with van der Waals surface area (Å²) < 4.78 is 0. The number of hydrogen-bond acceptors (Lipinski definition) is 3. The number of hydrogen-bond donors (Lipinski definition) is 0. The second-order valence-electron chi connectivity index (χ2n) is 7.46. The molecule has 2 fully saturated rings. The van der Waals surface area contributed by atoms with Gasteiger partial charge in [-0.15, -0.1) is 0 Å². The highest BCUT2D eigenvalue weighted by Gasteiger charge is 2.48. The molecule has 4 nitrogen and oxygen atoms in total. The van der Waals surface area contributed by atoms with Crippen molar-refractivity contribution < 1.29 is 4.79 Å². The summed E-state index contributed by atoms with van der Waals surface area (Å²) in [5.74, 6) is 1.16. The Hall–Kier alpha value is -2.64. The zero-order valence-corrected chi connectivity index (χ0v) is 15.0. The molecule has 0 unspecified atom stereocenters. The third kappa shape index (κ3) is 3.11. The summed E-state index contributed by atoms with van der Waals surface area (Å²) in [6, 6.07) is 20.7. The summed E-state index contributed by atoms with van der Waals surface area (Å²) in [5, 5.41) is 9.10. The monoisotopic (exact) mass is 345 g/mol. The zero-order chi connectivity index (χ0) is 18.1. The van der Waals surface area contributed by atoms with Gasteiger partial charge in [-0.2, -0.15) is 5.26 Å². The first-order valence-corrected chi connectivity index (χ1v) is 9.19. The average Bonchev–Trinajstić information content (AvgIpc) is 3.19. The van der Waals surface area contributed by atoms with Crippen molar-refractivity contribution in [3.05, 3.63) is 71.3 Å². The molecule has 132 valence electrons. The molecular formula is C22H23N3O. The molecular weight excluding hydrogens is 322 g/mol. The van der Waals surface area contributed by atoms with E-state index in [9.17, 15) is 4.79 Å². The predicted octanol–water partition coefficient (Wildman–Crippen LogP) is 3.21. The highest BCUT2D eigenvalue weighted by molar-refractivity contribution is 5.74. The normalized spacial score (nSPS) is 25.1. The quantitative estimate of drug-likeness (QED) is 0.858. The van der Waals surface area contributed by atoms with E-state index in [4.69, 9.17) is 5.26 Å². The summed E-state index contributed by atoms with van der Waals surface area (Å²) >= 11 is 0. The molecule has 1 amide bonds. The third-order valence-corrected chi connectivity index (χ3v) is 5.75. The summed E-state index contributed by atoms with van der Waals surface area (Å²) in [6.07, 6.45) is 0. The first kappa shape index (κ1) is 16.8. The SMILES string of the molecule is CC(=O)N1C[C@H]2CN(Cc3cccc(C#N)c3)C[C@H]2[C@@H]1c1ccccc1. The molecule has 0 N–H and O–H groups in total. The number of likely N-dealkylation sites (tertiary alicyclic amines) is 2. The number of nitriles is 1. The molecule has 4 heteroatoms. The Bertz CT molecular complexity index is 842. The van der Waals surface area contributed by atoms with Crippen LogP contribution in [0.15, 0.2) is 54.6 Å². The zero-order valence-electron chi connectivity index (χ0n) is 15.0. The van der Waals surface area contributed by atoms with Crippen LogP contribution in [0, 0.1) is 23.2 Å². The first-order valence-electron chi connectivity index (χ1n) is 9.19. The number of benzene rings is 2. The minimum Gasteiger partial charge on any atom is -0.335 e. The van der Waals surface area contributed by atoms with E-state index in [0.717, 1.165) is 26.2 Å². The van der Waals surface area contributed by atoms with Crippen LogP contribution in [-0.2, 0) is 11.3 Å². The standard InChI is InChI=1S/C22H23N3O/c1-16(26)25-14-20-13-24(12-18-7-5-6-17(10-18)11-23)15-21(20)22(25)19-8-3-2-4-9-19/h2-10,20-22H,12-15H2,1H3/t20-,21-,22+/m1/s1. The van der Waals surface area contributed by atoms with E-state index in [1.165, 1.54) is 11.1 Å². The number of carbonyl (C=O) groups is 1. The van der Waals surface area contributed by atoms with Crippen molar-refractivity contribution in [1.82, 2.24) is 9.80 Å². The van der Waals surface area contributed by atoms with Crippen LogP contribution in [0.25, 0.3) is 0 Å². The topological polar surface area (TPSA) is 47.3 Å². The van der Waals surface area contributed by atoms with Crippen molar-refractivity contribution in [1.29, 1.82) is 5.26 Å². The molecule has 2 saturated heterocycles. The Kier molecular flexibility index (Phi) is 4.48. The molecule has 4 rings (SSSR count). The second-order valence-corrected chi connectivity index (χ2v) is 7.46. The van der Waals surface area contributed by atoms with Crippen LogP contribution in [0.2, 0.25) is 0 Å². The van der Waals surface area contributed by atoms with Gasteiger partial charge in [0.25, 0.3) is 0 Å². The molecule has 0 aromatic heterocycles. The van der Waals surface area contributed by atoms with E-state index >= 15 is 0 Å². The Morgan fingerprint density at radius 2 is 1.92 bits per heavy atom.